The summed E-state index contributed by atoms with van der Waals surface area (Å²) in [7, 11) is 0. The first-order valence-corrected chi connectivity index (χ1v) is 9.72. The quantitative estimate of drug-likeness (QED) is 0.302. The number of aliphatic hydroxyl groups excluding tert-OH is 2. The van der Waals surface area contributed by atoms with Crippen LogP contribution in [0.15, 0.2) is 34.9 Å². The molecule has 0 rings (SSSR count). The SMILES string of the molecule is CC(=O)CCC=C(C)CCC=C(C)CCC=C(C)C(=O)N(C(C)O)C(C)O. The van der Waals surface area contributed by atoms with E-state index in [4.69, 9.17) is 0 Å². The first kappa shape index (κ1) is 25.3. The molecule has 0 spiro atoms. The summed E-state index contributed by atoms with van der Waals surface area (Å²) in [6.07, 6.45) is 9.11. The minimum absolute atomic E-state index is 0.224. The lowest BCUT2D eigenvalue weighted by Gasteiger charge is -2.28. The summed E-state index contributed by atoms with van der Waals surface area (Å²) < 4.78 is 0. The molecule has 1 amide bonds. The lowest BCUT2D eigenvalue weighted by molar-refractivity contribution is -0.151. The monoisotopic (exact) mass is 379 g/mol. The number of carbonyl (C=O) groups excluding carboxylic acids is 2. The number of amides is 1. The van der Waals surface area contributed by atoms with Gasteiger partial charge in [-0.15, -0.1) is 0 Å². The third kappa shape index (κ3) is 11.6. The van der Waals surface area contributed by atoms with Gasteiger partial charge in [-0.1, -0.05) is 29.4 Å². The Bertz CT molecular complexity index is 563. The van der Waals surface area contributed by atoms with Gasteiger partial charge in [0, 0.05) is 12.0 Å². The molecule has 0 aromatic carbocycles. The van der Waals surface area contributed by atoms with Gasteiger partial charge in [-0.3, -0.25) is 9.69 Å². The van der Waals surface area contributed by atoms with Crippen molar-refractivity contribution >= 4 is 11.7 Å². The molecular weight excluding hydrogens is 342 g/mol. The molecule has 2 atom stereocenters. The van der Waals surface area contributed by atoms with Gasteiger partial charge in [-0.05, 0) is 73.6 Å². The fraction of sp³-hybridized carbons (Fsp3) is 0.636. The Morgan fingerprint density at radius 1 is 0.778 bits per heavy atom. The largest absolute Gasteiger partial charge is 0.374 e. The summed E-state index contributed by atoms with van der Waals surface area (Å²) in [5.74, 6) is -0.130. The number of hydrogen-bond donors (Lipinski definition) is 2. The van der Waals surface area contributed by atoms with Crippen LogP contribution in [0.2, 0.25) is 0 Å². The molecule has 0 saturated carbocycles. The summed E-state index contributed by atoms with van der Waals surface area (Å²) >= 11 is 0. The number of ketones is 1. The number of rotatable bonds is 12. The van der Waals surface area contributed by atoms with Crippen molar-refractivity contribution < 1.29 is 19.8 Å². The van der Waals surface area contributed by atoms with Crippen molar-refractivity contribution in [3.05, 3.63) is 34.9 Å². The lowest BCUT2D eigenvalue weighted by Crippen LogP contribution is -2.45. The van der Waals surface area contributed by atoms with Gasteiger partial charge in [-0.2, -0.15) is 0 Å². The lowest BCUT2D eigenvalue weighted by atomic mass is 10.0. The van der Waals surface area contributed by atoms with Crippen LogP contribution in [0.4, 0.5) is 0 Å². The van der Waals surface area contributed by atoms with Crippen LogP contribution in [0, 0.1) is 0 Å². The van der Waals surface area contributed by atoms with Crippen LogP contribution in [-0.2, 0) is 9.59 Å². The maximum atomic E-state index is 12.3. The van der Waals surface area contributed by atoms with Gasteiger partial charge in [0.25, 0.3) is 5.91 Å². The topological polar surface area (TPSA) is 77.8 Å². The van der Waals surface area contributed by atoms with Gasteiger partial charge in [0.1, 0.15) is 18.2 Å². The summed E-state index contributed by atoms with van der Waals surface area (Å²) in [5, 5.41) is 19.3. The zero-order valence-corrected chi connectivity index (χ0v) is 17.8. The highest BCUT2D eigenvalue weighted by Gasteiger charge is 2.23. The molecule has 0 heterocycles. The minimum atomic E-state index is -1.03. The first-order valence-electron chi connectivity index (χ1n) is 9.72. The third-order valence-corrected chi connectivity index (χ3v) is 4.39. The normalized spacial score (nSPS) is 15.5. The molecule has 0 aromatic heterocycles. The Balaban J connectivity index is 4.42. The average molecular weight is 380 g/mol. The highest BCUT2D eigenvalue weighted by atomic mass is 16.3. The van der Waals surface area contributed by atoms with E-state index in [1.54, 1.807) is 13.8 Å². The fourth-order valence-corrected chi connectivity index (χ4v) is 2.73. The van der Waals surface area contributed by atoms with Crippen LogP contribution in [0.5, 0.6) is 0 Å². The van der Waals surface area contributed by atoms with E-state index in [2.05, 4.69) is 26.0 Å². The van der Waals surface area contributed by atoms with Gasteiger partial charge in [0.15, 0.2) is 0 Å². The number of allylic oxidation sites excluding steroid dienone is 5. The molecule has 0 fully saturated rings. The highest BCUT2D eigenvalue weighted by molar-refractivity contribution is 5.93. The Kier molecular flexibility index (Phi) is 12.6. The van der Waals surface area contributed by atoms with Gasteiger partial charge in [0.05, 0.1) is 0 Å². The van der Waals surface area contributed by atoms with E-state index in [9.17, 15) is 19.8 Å². The van der Waals surface area contributed by atoms with Crippen molar-refractivity contribution in [1.29, 1.82) is 0 Å². The van der Waals surface area contributed by atoms with Crippen molar-refractivity contribution in [3.8, 4) is 0 Å². The van der Waals surface area contributed by atoms with E-state index in [1.165, 1.54) is 25.0 Å². The van der Waals surface area contributed by atoms with Crippen LogP contribution in [-0.4, -0.2) is 39.3 Å². The summed E-state index contributed by atoms with van der Waals surface area (Å²) in [4.78, 5) is 24.3. The van der Waals surface area contributed by atoms with Gasteiger partial charge in [0.2, 0.25) is 0 Å². The standard InChI is InChI=1S/C22H37NO4/c1-16(10-7-11-17(2)13-9-15-19(4)24)12-8-14-18(3)22(27)23(20(5)25)21(6)26/h10,13-14,20-21,25-26H,7-9,11-12,15H2,1-6H3. The molecule has 5 heteroatoms. The maximum absolute atomic E-state index is 12.3. The van der Waals surface area contributed by atoms with Crippen LogP contribution < -0.4 is 0 Å². The second-order valence-electron chi connectivity index (χ2n) is 7.28. The maximum Gasteiger partial charge on any atom is 0.253 e. The van der Waals surface area contributed by atoms with Crippen molar-refractivity contribution in [3.63, 3.8) is 0 Å². The molecule has 0 aliphatic rings. The molecule has 0 radical (unpaired) electrons. The number of Topliss-reactive ketones (excluding diaryl/α,β-unsaturated/α-hetero) is 1. The number of nitrogens with zero attached hydrogens (tertiary/aromatic N) is 1. The fourth-order valence-electron chi connectivity index (χ4n) is 2.73. The van der Waals surface area contributed by atoms with E-state index in [0.29, 0.717) is 12.0 Å². The summed E-state index contributed by atoms with van der Waals surface area (Å²) in [6.45, 7) is 10.4. The molecule has 27 heavy (non-hydrogen) atoms. The second-order valence-corrected chi connectivity index (χ2v) is 7.28. The van der Waals surface area contributed by atoms with E-state index in [-0.39, 0.29) is 11.7 Å². The van der Waals surface area contributed by atoms with Crippen LogP contribution >= 0.6 is 0 Å². The number of aliphatic hydroxyl groups is 2. The van der Waals surface area contributed by atoms with E-state index in [1.807, 2.05) is 6.08 Å². The molecule has 154 valence electrons. The highest BCUT2D eigenvalue weighted by Crippen LogP contribution is 2.14. The molecule has 5 nitrogen and oxygen atoms in total. The predicted molar refractivity (Wildman–Crippen MR) is 110 cm³/mol. The van der Waals surface area contributed by atoms with Gasteiger partial charge < -0.3 is 15.0 Å². The zero-order chi connectivity index (χ0) is 21.0. The Labute approximate surface area is 164 Å². The molecule has 0 aliphatic carbocycles. The zero-order valence-electron chi connectivity index (χ0n) is 17.8. The van der Waals surface area contributed by atoms with Crippen molar-refractivity contribution in [2.45, 2.75) is 92.5 Å². The van der Waals surface area contributed by atoms with E-state index in [0.717, 1.165) is 37.0 Å². The first-order chi connectivity index (χ1) is 12.6. The second kappa shape index (κ2) is 13.4. The molecule has 2 N–H and O–H groups in total. The molecule has 0 aromatic rings. The molecule has 0 saturated heterocycles. The summed E-state index contributed by atoms with van der Waals surface area (Å²) in [6, 6.07) is 0. The summed E-state index contributed by atoms with van der Waals surface area (Å²) in [5.41, 5.74) is 3.10. The van der Waals surface area contributed by atoms with Crippen molar-refractivity contribution in [2.75, 3.05) is 0 Å². The van der Waals surface area contributed by atoms with Crippen molar-refractivity contribution in [1.82, 2.24) is 4.90 Å². The Hall–Kier alpha value is -1.72. The van der Waals surface area contributed by atoms with Crippen LogP contribution in [0.1, 0.15) is 80.1 Å². The number of carbonyl (C=O) groups is 2. The van der Waals surface area contributed by atoms with Gasteiger partial charge in [-0.25, -0.2) is 0 Å². The third-order valence-electron chi connectivity index (χ3n) is 4.39. The Morgan fingerprint density at radius 2 is 1.19 bits per heavy atom. The molecule has 0 aliphatic heterocycles. The van der Waals surface area contributed by atoms with Crippen LogP contribution in [0.3, 0.4) is 0 Å². The van der Waals surface area contributed by atoms with Crippen molar-refractivity contribution in [2.24, 2.45) is 0 Å². The van der Waals surface area contributed by atoms with Crippen LogP contribution in [0.25, 0.3) is 0 Å². The van der Waals surface area contributed by atoms with E-state index >= 15 is 0 Å². The smallest absolute Gasteiger partial charge is 0.253 e. The molecular formula is C22H37NO4. The molecule has 0 bridgehead atoms. The number of hydrogen-bond acceptors (Lipinski definition) is 4. The minimum Gasteiger partial charge on any atom is -0.374 e. The molecule has 2 unspecified atom stereocenters. The average Bonchev–Trinajstić information content (AvgIpc) is 2.53. The van der Waals surface area contributed by atoms with E-state index < -0.39 is 12.5 Å². The Morgan fingerprint density at radius 3 is 1.59 bits per heavy atom. The predicted octanol–water partition coefficient (Wildman–Crippen LogP) is 4.26. The van der Waals surface area contributed by atoms with Gasteiger partial charge >= 0.3 is 0 Å².